The zero-order valence-corrected chi connectivity index (χ0v) is 12.4. The Bertz CT molecular complexity index is 376. The Kier molecular flexibility index (Phi) is 4.73. The summed E-state index contributed by atoms with van der Waals surface area (Å²) in [4.78, 5) is 5.93. The van der Waals surface area contributed by atoms with Gasteiger partial charge in [-0.3, -0.25) is 4.99 Å². The first-order valence-corrected chi connectivity index (χ1v) is 8.05. The van der Waals surface area contributed by atoms with Crippen LogP contribution in [0.1, 0.15) is 24.6 Å². The van der Waals surface area contributed by atoms with Crippen molar-refractivity contribution in [1.82, 2.24) is 5.32 Å². The zero-order valence-electron chi connectivity index (χ0n) is 9.20. The normalized spacial score (nSPS) is 23.4. The van der Waals surface area contributed by atoms with Crippen LogP contribution in [0.15, 0.2) is 20.9 Å². The number of nitrogens with one attached hydrogen (secondary N) is 1. The molecule has 1 N–H and O–H groups in total. The lowest BCUT2D eigenvalue weighted by Crippen LogP contribution is -2.37. The second kappa shape index (κ2) is 6.07. The number of thioether (sulfide) groups is 1. The molecular weight excluding hydrogens is 304 g/mol. The van der Waals surface area contributed by atoms with Crippen molar-refractivity contribution in [3.8, 4) is 0 Å². The minimum absolute atomic E-state index is 0.620. The first-order chi connectivity index (χ1) is 7.78. The molecule has 0 saturated carbocycles. The van der Waals surface area contributed by atoms with Crippen LogP contribution in [0.4, 0.5) is 0 Å². The Labute approximate surface area is 113 Å². The predicted octanol–water partition coefficient (Wildman–Crippen LogP) is 3.87. The molecule has 1 aliphatic heterocycles. The molecule has 1 fully saturated rings. The molecule has 2 heterocycles. The maximum absolute atomic E-state index is 4.62. The Morgan fingerprint density at radius 2 is 2.44 bits per heavy atom. The molecule has 1 aromatic heterocycles. The number of hydrogen-bond donors (Lipinski definition) is 1. The van der Waals surface area contributed by atoms with E-state index < -0.39 is 0 Å². The average molecular weight is 319 g/mol. The molecule has 1 unspecified atom stereocenters. The SMILES string of the molecule is CCC1CCSC(=NCc2ccc(Br)s2)N1. The standard InChI is InChI=1S/C11H15BrN2S2/c1-2-8-5-6-15-11(14-8)13-7-9-3-4-10(12)16-9/h3-4,8H,2,5-7H2,1H3,(H,13,14). The highest BCUT2D eigenvalue weighted by Gasteiger charge is 2.15. The molecule has 1 aromatic rings. The summed E-state index contributed by atoms with van der Waals surface area (Å²) >= 11 is 7.06. The van der Waals surface area contributed by atoms with Crippen molar-refractivity contribution in [3.63, 3.8) is 0 Å². The monoisotopic (exact) mass is 318 g/mol. The molecule has 1 atom stereocenters. The first kappa shape index (κ1) is 12.5. The molecule has 16 heavy (non-hydrogen) atoms. The number of rotatable bonds is 3. The molecule has 1 aliphatic rings. The van der Waals surface area contributed by atoms with Gasteiger partial charge in [0, 0.05) is 16.7 Å². The van der Waals surface area contributed by atoms with Crippen molar-refractivity contribution in [3.05, 3.63) is 20.8 Å². The third-order valence-electron chi connectivity index (χ3n) is 2.53. The van der Waals surface area contributed by atoms with E-state index in [0.29, 0.717) is 6.04 Å². The van der Waals surface area contributed by atoms with Crippen molar-refractivity contribution >= 4 is 44.2 Å². The summed E-state index contributed by atoms with van der Waals surface area (Å²) in [6, 6.07) is 4.83. The number of amidine groups is 1. The number of thiophene rings is 1. The maximum atomic E-state index is 4.62. The van der Waals surface area contributed by atoms with Crippen LogP contribution >= 0.6 is 39.0 Å². The van der Waals surface area contributed by atoms with Gasteiger partial charge in [0.05, 0.1) is 10.3 Å². The van der Waals surface area contributed by atoms with Gasteiger partial charge in [-0.1, -0.05) is 18.7 Å². The highest BCUT2D eigenvalue weighted by Crippen LogP contribution is 2.23. The molecule has 2 nitrogen and oxygen atoms in total. The van der Waals surface area contributed by atoms with Crippen LogP contribution < -0.4 is 5.32 Å². The Hall–Kier alpha value is -0.0000000000000000278. The van der Waals surface area contributed by atoms with E-state index in [1.807, 2.05) is 11.8 Å². The lowest BCUT2D eigenvalue weighted by molar-refractivity contribution is 0.571. The third kappa shape index (κ3) is 3.50. The van der Waals surface area contributed by atoms with Crippen molar-refractivity contribution in [1.29, 1.82) is 0 Å². The highest BCUT2D eigenvalue weighted by atomic mass is 79.9. The minimum Gasteiger partial charge on any atom is -0.362 e. The van der Waals surface area contributed by atoms with Crippen LogP contribution in [0, 0.1) is 0 Å². The smallest absolute Gasteiger partial charge is 0.157 e. The van der Waals surface area contributed by atoms with Gasteiger partial charge in [0.25, 0.3) is 0 Å². The van der Waals surface area contributed by atoms with Gasteiger partial charge >= 0.3 is 0 Å². The summed E-state index contributed by atoms with van der Waals surface area (Å²) in [5, 5.41) is 4.60. The third-order valence-corrected chi connectivity index (χ3v) is 5.10. The molecule has 0 spiro atoms. The largest absolute Gasteiger partial charge is 0.362 e. The Morgan fingerprint density at radius 1 is 1.56 bits per heavy atom. The average Bonchev–Trinajstić information content (AvgIpc) is 2.73. The molecule has 5 heteroatoms. The number of hydrogen-bond acceptors (Lipinski definition) is 3. The van der Waals surface area contributed by atoms with Gasteiger partial charge in [0.2, 0.25) is 0 Å². The molecule has 0 bridgehead atoms. The second-order valence-corrected chi connectivity index (χ2v) is 7.35. The Balaban J connectivity index is 1.91. The lowest BCUT2D eigenvalue weighted by atomic mass is 10.2. The van der Waals surface area contributed by atoms with Crippen LogP contribution in [0.5, 0.6) is 0 Å². The van der Waals surface area contributed by atoms with E-state index in [2.05, 4.69) is 45.3 Å². The van der Waals surface area contributed by atoms with Crippen molar-refractivity contribution in [2.24, 2.45) is 4.99 Å². The van der Waals surface area contributed by atoms with E-state index in [1.54, 1.807) is 11.3 Å². The summed E-state index contributed by atoms with van der Waals surface area (Å²) in [5.74, 6) is 1.19. The van der Waals surface area contributed by atoms with E-state index in [0.717, 1.165) is 11.7 Å². The van der Waals surface area contributed by atoms with Crippen LogP contribution in [-0.2, 0) is 6.54 Å². The van der Waals surface area contributed by atoms with E-state index in [4.69, 9.17) is 0 Å². The van der Waals surface area contributed by atoms with Crippen LogP contribution in [-0.4, -0.2) is 17.0 Å². The van der Waals surface area contributed by atoms with Crippen molar-refractivity contribution < 1.29 is 0 Å². The van der Waals surface area contributed by atoms with Gasteiger partial charge < -0.3 is 5.32 Å². The topological polar surface area (TPSA) is 24.4 Å². The van der Waals surface area contributed by atoms with E-state index in [-0.39, 0.29) is 0 Å². The second-order valence-electron chi connectivity index (χ2n) is 3.71. The van der Waals surface area contributed by atoms with Crippen LogP contribution in [0.25, 0.3) is 0 Å². The molecule has 88 valence electrons. The molecule has 0 aliphatic carbocycles. The van der Waals surface area contributed by atoms with Crippen LogP contribution in [0.3, 0.4) is 0 Å². The quantitative estimate of drug-likeness (QED) is 0.914. The number of halogens is 1. The fraction of sp³-hybridized carbons (Fsp3) is 0.545. The number of nitrogens with zero attached hydrogens (tertiary/aromatic N) is 1. The molecule has 0 radical (unpaired) electrons. The first-order valence-electron chi connectivity index (χ1n) is 5.46. The van der Waals surface area contributed by atoms with Gasteiger partial charge in [-0.15, -0.1) is 11.3 Å². The van der Waals surface area contributed by atoms with E-state index >= 15 is 0 Å². The molecule has 1 saturated heterocycles. The highest BCUT2D eigenvalue weighted by molar-refractivity contribution is 9.11. The summed E-state index contributed by atoms with van der Waals surface area (Å²) in [5.41, 5.74) is 0. The van der Waals surface area contributed by atoms with Gasteiger partial charge in [-0.05, 0) is 40.9 Å². The minimum atomic E-state index is 0.620. The van der Waals surface area contributed by atoms with Crippen LogP contribution in [0.2, 0.25) is 0 Å². The van der Waals surface area contributed by atoms with Crippen molar-refractivity contribution in [2.45, 2.75) is 32.4 Å². The van der Waals surface area contributed by atoms with Gasteiger partial charge in [-0.25, -0.2) is 0 Å². The molecular formula is C11H15BrN2S2. The summed E-state index contributed by atoms with van der Waals surface area (Å²) in [7, 11) is 0. The number of aliphatic imine (C=N–C) groups is 1. The summed E-state index contributed by atoms with van der Waals surface area (Å²) < 4.78 is 1.18. The van der Waals surface area contributed by atoms with Gasteiger partial charge in [-0.2, -0.15) is 0 Å². The fourth-order valence-corrected chi connectivity index (χ4v) is 3.98. The molecule has 0 aromatic carbocycles. The lowest BCUT2D eigenvalue weighted by Gasteiger charge is -2.24. The fourth-order valence-electron chi connectivity index (χ4n) is 1.57. The van der Waals surface area contributed by atoms with E-state index in [1.165, 1.54) is 27.3 Å². The van der Waals surface area contributed by atoms with Gasteiger partial charge in [0.15, 0.2) is 5.17 Å². The van der Waals surface area contributed by atoms with Gasteiger partial charge in [0.1, 0.15) is 0 Å². The Morgan fingerprint density at radius 3 is 3.12 bits per heavy atom. The van der Waals surface area contributed by atoms with E-state index in [9.17, 15) is 0 Å². The maximum Gasteiger partial charge on any atom is 0.157 e. The molecule has 0 amide bonds. The predicted molar refractivity (Wildman–Crippen MR) is 77.4 cm³/mol. The summed E-state index contributed by atoms with van der Waals surface area (Å²) in [6.45, 7) is 3.02. The molecule has 2 rings (SSSR count). The van der Waals surface area contributed by atoms with Crippen molar-refractivity contribution in [2.75, 3.05) is 5.75 Å². The zero-order chi connectivity index (χ0) is 11.4. The summed E-state index contributed by atoms with van der Waals surface area (Å²) in [6.07, 6.45) is 2.44.